The molecule has 5 atom stereocenters. The van der Waals surface area contributed by atoms with Crippen molar-refractivity contribution in [1.82, 2.24) is 0 Å². The lowest BCUT2D eigenvalue weighted by molar-refractivity contribution is 0.254. The summed E-state index contributed by atoms with van der Waals surface area (Å²) in [6.45, 7) is 0. The van der Waals surface area contributed by atoms with Gasteiger partial charge in [0.15, 0.2) is 0 Å². The van der Waals surface area contributed by atoms with Crippen LogP contribution in [0, 0.1) is 17.8 Å². The highest BCUT2D eigenvalue weighted by molar-refractivity contribution is 5.85. The molecule has 0 saturated heterocycles. The predicted octanol–water partition coefficient (Wildman–Crippen LogP) is 6.83. The van der Waals surface area contributed by atoms with Crippen molar-refractivity contribution in [2.45, 2.75) is 49.9 Å². The normalized spacial score (nSPS) is 34.2. The standard InChI is InChI=1S/C29H26/c1-2-8-21-17(6-1)14-19-12-13-23-22-9-3-4-10-26(22)29-20(15-18-7-5-11-25(18)29)16-24(21)27(19)28(23)29/h1-4,6,8-10,12-13,18,20,24-25H,5,7,11,14-16H2/t18?,20-,24?,25?,29?/m1/s1. The van der Waals surface area contributed by atoms with Crippen LogP contribution >= 0.6 is 0 Å². The molecular formula is C29H26. The van der Waals surface area contributed by atoms with Gasteiger partial charge in [-0.2, -0.15) is 0 Å². The summed E-state index contributed by atoms with van der Waals surface area (Å²) in [4.78, 5) is 0. The quantitative estimate of drug-likeness (QED) is 0.404. The molecule has 0 bridgehead atoms. The minimum Gasteiger partial charge on any atom is -0.0620 e. The molecule has 0 aromatic heterocycles. The molecule has 2 saturated carbocycles. The van der Waals surface area contributed by atoms with Crippen molar-refractivity contribution in [2.75, 3.05) is 0 Å². The lowest BCUT2D eigenvalue weighted by atomic mass is 9.55. The van der Waals surface area contributed by atoms with Crippen LogP contribution in [-0.2, 0) is 11.8 Å². The third-order valence-electron chi connectivity index (χ3n) is 9.57. The fourth-order valence-electron chi connectivity index (χ4n) is 8.89. The summed E-state index contributed by atoms with van der Waals surface area (Å²) >= 11 is 0. The van der Waals surface area contributed by atoms with Crippen LogP contribution in [0.15, 0.2) is 60.7 Å². The molecule has 142 valence electrons. The first-order chi connectivity index (χ1) is 14.4. The van der Waals surface area contributed by atoms with Crippen molar-refractivity contribution in [3.05, 3.63) is 94.0 Å². The van der Waals surface area contributed by atoms with Crippen LogP contribution < -0.4 is 0 Å². The number of hydrogen-bond donors (Lipinski definition) is 0. The smallest absolute Gasteiger partial charge is 0.0277 e. The highest BCUT2D eigenvalue weighted by atomic mass is 14.7. The molecule has 4 unspecified atom stereocenters. The molecule has 0 heteroatoms. The van der Waals surface area contributed by atoms with Gasteiger partial charge >= 0.3 is 0 Å². The van der Waals surface area contributed by atoms with E-state index < -0.39 is 0 Å². The van der Waals surface area contributed by atoms with Crippen molar-refractivity contribution < 1.29 is 0 Å². The highest BCUT2D eigenvalue weighted by Crippen LogP contribution is 2.72. The molecular weight excluding hydrogens is 348 g/mol. The highest BCUT2D eigenvalue weighted by Gasteiger charge is 2.64. The summed E-state index contributed by atoms with van der Waals surface area (Å²) in [5, 5.41) is 0. The van der Waals surface area contributed by atoms with Crippen LogP contribution in [-0.4, -0.2) is 0 Å². The number of rotatable bonds is 0. The fourth-order valence-corrected chi connectivity index (χ4v) is 8.89. The lowest BCUT2D eigenvalue weighted by Crippen LogP contribution is -2.42. The van der Waals surface area contributed by atoms with E-state index in [-0.39, 0.29) is 0 Å². The van der Waals surface area contributed by atoms with Gasteiger partial charge in [-0.3, -0.25) is 0 Å². The van der Waals surface area contributed by atoms with E-state index in [9.17, 15) is 0 Å². The van der Waals surface area contributed by atoms with Gasteiger partial charge in [-0.05, 0) is 87.9 Å². The molecule has 5 aliphatic rings. The van der Waals surface area contributed by atoms with Gasteiger partial charge in [-0.15, -0.1) is 0 Å². The Hall–Kier alpha value is -2.34. The zero-order chi connectivity index (χ0) is 18.7. The second kappa shape index (κ2) is 5.04. The van der Waals surface area contributed by atoms with E-state index in [1.165, 1.54) is 32.1 Å². The van der Waals surface area contributed by atoms with Crippen LogP contribution in [0.2, 0.25) is 0 Å². The fraction of sp³-hybridized carbons (Fsp3) is 0.379. The first-order valence-corrected chi connectivity index (χ1v) is 11.7. The van der Waals surface area contributed by atoms with E-state index in [2.05, 4.69) is 60.7 Å². The summed E-state index contributed by atoms with van der Waals surface area (Å²) in [7, 11) is 0. The molecule has 2 fully saturated rings. The van der Waals surface area contributed by atoms with E-state index in [4.69, 9.17) is 0 Å². The molecule has 0 radical (unpaired) electrons. The Balaban J connectivity index is 1.51. The number of fused-ring (bicyclic) bond motifs is 5. The van der Waals surface area contributed by atoms with Gasteiger partial charge < -0.3 is 0 Å². The molecule has 1 spiro atoms. The summed E-state index contributed by atoms with van der Waals surface area (Å²) in [6.07, 6.45) is 8.31. The van der Waals surface area contributed by atoms with Crippen LogP contribution in [0.4, 0.5) is 0 Å². The van der Waals surface area contributed by atoms with Gasteiger partial charge in [0.2, 0.25) is 0 Å². The Morgan fingerprint density at radius 2 is 1.66 bits per heavy atom. The topological polar surface area (TPSA) is 0 Å². The third kappa shape index (κ3) is 1.60. The van der Waals surface area contributed by atoms with Gasteiger partial charge in [-0.1, -0.05) is 73.5 Å². The maximum Gasteiger partial charge on any atom is 0.0277 e. The number of benzene rings is 3. The van der Waals surface area contributed by atoms with Crippen molar-refractivity contribution >= 4 is 0 Å². The summed E-state index contributed by atoms with van der Waals surface area (Å²) in [5.74, 6) is 3.26. The Morgan fingerprint density at radius 3 is 2.66 bits per heavy atom. The van der Waals surface area contributed by atoms with Crippen molar-refractivity contribution in [3.8, 4) is 11.1 Å². The maximum absolute atomic E-state index is 2.51. The summed E-state index contributed by atoms with van der Waals surface area (Å²) < 4.78 is 0. The number of hydrogen-bond acceptors (Lipinski definition) is 0. The van der Waals surface area contributed by atoms with Crippen LogP contribution in [0.3, 0.4) is 0 Å². The lowest BCUT2D eigenvalue weighted by Gasteiger charge is -2.48. The zero-order valence-electron chi connectivity index (χ0n) is 16.8. The van der Waals surface area contributed by atoms with Crippen LogP contribution in [0.25, 0.3) is 11.1 Å². The molecule has 29 heavy (non-hydrogen) atoms. The van der Waals surface area contributed by atoms with Crippen molar-refractivity contribution in [2.24, 2.45) is 17.8 Å². The van der Waals surface area contributed by atoms with E-state index >= 15 is 0 Å². The average Bonchev–Trinajstić information content (AvgIpc) is 3.42. The van der Waals surface area contributed by atoms with Crippen LogP contribution in [0.5, 0.6) is 0 Å². The van der Waals surface area contributed by atoms with Crippen molar-refractivity contribution in [1.29, 1.82) is 0 Å². The Labute approximate surface area is 173 Å². The Bertz CT molecular complexity index is 1200. The summed E-state index contributed by atoms with van der Waals surface area (Å²) in [5.41, 5.74) is 13.5. The zero-order valence-corrected chi connectivity index (χ0v) is 16.8. The molecule has 0 nitrogen and oxygen atoms in total. The van der Waals surface area contributed by atoms with E-state index in [1.54, 1.807) is 44.5 Å². The minimum atomic E-state index is 0.321. The first-order valence-electron chi connectivity index (χ1n) is 11.7. The van der Waals surface area contributed by atoms with Gasteiger partial charge in [0, 0.05) is 11.3 Å². The van der Waals surface area contributed by atoms with Gasteiger partial charge in [-0.25, -0.2) is 0 Å². The Kier molecular flexibility index (Phi) is 2.69. The molecule has 0 amide bonds. The van der Waals surface area contributed by atoms with Crippen molar-refractivity contribution in [3.63, 3.8) is 0 Å². The summed E-state index contributed by atoms with van der Waals surface area (Å²) in [6, 6.07) is 23.8. The van der Waals surface area contributed by atoms with Gasteiger partial charge in [0.05, 0.1) is 0 Å². The minimum absolute atomic E-state index is 0.321. The molecule has 5 aliphatic carbocycles. The predicted molar refractivity (Wildman–Crippen MR) is 117 cm³/mol. The second-order valence-corrected chi connectivity index (χ2v) is 10.4. The average molecular weight is 375 g/mol. The molecule has 3 aromatic carbocycles. The van der Waals surface area contributed by atoms with E-state index in [0.717, 1.165) is 24.2 Å². The van der Waals surface area contributed by atoms with Gasteiger partial charge in [0.25, 0.3) is 0 Å². The van der Waals surface area contributed by atoms with E-state index in [0.29, 0.717) is 11.3 Å². The molecule has 0 aliphatic heterocycles. The largest absolute Gasteiger partial charge is 0.0620 e. The van der Waals surface area contributed by atoms with Gasteiger partial charge in [0.1, 0.15) is 0 Å². The SMILES string of the molecule is c1ccc2c(c1)Cc1ccc3c4c1C2C[C@H]1CC2CCCC2C41c1ccccc1-3. The maximum atomic E-state index is 2.51. The second-order valence-electron chi connectivity index (χ2n) is 10.4. The molecule has 0 heterocycles. The monoisotopic (exact) mass is 374 g/mol. The third-order valence-corrected chi connectivity index (χ3v) is 9.57. The Morgan fingerprint density at radius 1 is 0.759 bits per heavy atom. The molecule has 0 N–H and O–H groups in total. The molecule has 8 rings (SSSR count). The molecule has 3 aromatic rings. The van der Waals surface area contributed by atoms with E-state index in [1.807, 2.05) is 0 Å². The first kappa shape index (κ1) is 15.5. The van der Waals surface area contributed by atoms with Crippen LogP contribution in [0.1, 0.15) is 71.4 Å².